The van der Waals surface area contributed by atoms with Crippen LogP contribution < -0.4 is 0 Å². The number of aryl methyl sites for hydroxylation is 1. The molecule has 4 nitrogen and oxygen atoms in total. The van der Waals surface area contributed by atoms with Crippen molar-refractivity contribution in [3.05, 3.63) is 53.3 Å². The maximum absolute atomic E-state index is 11.7. The van der Waals surface area contributed by atoms with Gasteiger partial charge in [0.15, 0.2) is 0 Å². The molecule has 0 unspecified atom stereocenters. The topological polar surface area (TPSA) is 42.3 Å². The van der Waals surface area contributed by atoms with Gasteiger partial charge in [-0.3, -0.25) is 4.90 Å². The fourth-order valence-corrected chi connectivity index (χ4v) is 4.77. The van der Waals surface area contributed by atoms with Crippen LogP contribution in [0.15, 0.2) is 36.4 Å². The summed E-state index contributed by atoms with van der Waals surface area (Å²) in [6, 6.07) is 12.7. The Balaban J connectivity index is 0.00000225. The van der Waals surface area contributed by atoms with Crippen molar-refractivity contribution in [2.45, 2.75) is 38.5 Å². The molecule has 25 heavy (non-hydrogen) atoms. The fraction of sp³-hybridized carbons (Fsp3) is 0.474. The molecule has 1 fully saturated rings. The second-order valence-electron chi connectivity index (χ2n) is 6.87. The van der Waals surface area contributed by atoms with Gasteiger partial charge in [-0.25, -0.2) is 8.42 Å². The number of hydrogen-bond acceptors (Lipinski definition) is 3. The Morgan fingerprint density at radius 1 is 1.08 bits per heavy atom. The van der Waals surface area contributed by atoms with Gasteiger partial charge in [-0.05, 0) is 63.5 Å². The highest BCUT2D eigenvalue weighted by atomic mass is 35.5. The van der Waals surface area contributed by atoms with Crippen LogP contribution in [0.2, 0.25) is 0 Å². The maximum atomic E-state index is 11.7. The number of nitrogens with zero attached hydrogens (tertiary/aromatic N) is 2. The molecule has 1 aromatic heterocycles. The number of halogens is 1. The normalized spacial score (nSPS) is 16.6. The lowest BCUT2D eigenvalue weighted by Gasteiger charge is -2.31. The van der Waals surface area contributed by atoms with Crippen molar-refractivity contribution in [1.29, 1.82) is 0 Å². The quantitative estimate of drug-likeness (QED) is 0.812. The number of piperidine rings is 1. The number of benzene rings is 1. The van der Waals surface area contributed by atoms with Crippen LogP contribution in [0.1, 0.15) is 29.8 Å². The molecular weight excluding hydrogens is 356 g/mol. The van der Waals surface area contributed by atoms with Crippen molar-refractivity contribution in [3.8, 4) is 5.69 Å². The third kappa shape index (κ3) is 4.46. The lowest BCUT2D eigenvalue weighted by molar-refractivity contribution is 0.222. The van der Waals surface area contributed by atoms with E-state index in [1.807, 2.05) is 6.07 Å². The summed E-state index contributed by atoms with van der Waals surface area (Å²) in [5.74, 6) is 0. The molecule has 0 atom stereocenters. The first-order valence-electron chi connectivity index (χ1n) is 8.50. The number of aromatic nitrogens is 1. The fourth-order valence-electron chi connectivity index (χ4n) is 3.70. The first-order valence-corrected chi connectivity index (χ1v) is 10.5. The van der Waals surface area contributed by atoms with Crippen molar-refractivity contribution in [2.24, 2.45) is 0 Å². The van der Waals surface area contributed by atoms with E-state index in [0.29, 0.717) is 0 Å². The molecule has 3 rings (SSSR count). The number of rotatable bonds is 4. The van der Waals surface area contributed by atoms with Crippen LogP contribution in [0.3, 0.4) is 0 Å². The molecule has 2 heterocycles. The molecule has 1 aliphatic rings. The second kappa shape index (κ2) is 7.94. The van der Waals surface area contributed by atoms with E-state index in [-0.39, 0.29) is 17.7 Å². The summed E-state index contributed by atoms with van der Waals surface area (Å²) in [7, 11) is -2.90. The average Bonchev–Trinajstić information content (AvgIpc) is 2.82. The van der Waals surface area contributed by atoms with E-state index in [0.717, 1.165) is 32.5 Å². The summed E-state index contributed by atoms with van der Waals surface area (Å²) in [4.78, 5) is 2.37. The van der Waals surface area contributed by atoms with E-state index in [2.05, 4.69) is 53.6 Å². The van der Waals surface area contributed by atoms with E-state index >= 15 is 0 Å². The highest BCUT2D eigenvalue weighted by molar-refractivity contribution is 7.91. The lowest BCUT2D eigenvalue weighted by atomic mass is 10.1. The van der Waals surface area contributed by atoms with Gasteiger partial charge in [0, 0.05) is 29.9 Å². The van der Waals surface area contributed by atoms with Crippen LogP contribution in [0.25, 0.3) is 5.69 Å². The minimum absolute atomic E-state index is 0. The summed E-state index contributed by atoms with van der Waals surface area (Å²) in [6.45, 7) is 6.90. The van der Waals surface area contributed by atoms with Crippen molar-refractivity contribution in [2.75, 3.05) is 19.3 Å². The average molecular weight is 383 g/mol. The van der Waals surface area contributed by atoms with E-state index in [9.17, 15) is 8.42 Å². The molecule has 1 saturated heterocycles. The Morgan fingerprint density at radius 3 is 2.24 bits per heavy atom. The highest BCUT2D eigenvalue weighted by Crippen LogP contribution is 2.24. The van der Waals surface area contributed by atoms with Gasteiger partial charge in [-0.15, -0.1) is 12.4 Å². The molecule has 0 saturated carbocycles. The van der Waals surface area contributed by atoms with Crippen LogP contribution in [0.4, 0.5) is 0 Å². The Labute approximate surface area is 157 Å². The van der Waals surface area contributed by atoms with Gasteiger partial charge in [0.25, 0.3) is 0 Å². The van der Waals surface area contributed by atoms with E-state index in [1.165, 1.54) is 28.9 Å². The number of sulfone groups is 1. The molecule has 6 heteroatoms. The molecular formula is C19H27ClN2O2S. The zero-order valence-electron chi connectivity index (χ0n) is 15.1. The van der Waals surface area contributed by atoms with E-state index in [1.54, 1.807) is 0 Å². The Hall–Kier alpha value is -1.30. The van der Waals surface area contributed by atoms with Crippen LogP contribution in [-0.2, 0) is 16.4 Å². The zero-order valence-corrected chi connectivity index (χ0v) is 16.7. The SMILES string of the molecule is Cc1cc(CN2CCC(S(C)(=O)=O)CC2)c(C)n1-c1ccccc1.Cl. The molecule has 138 valence electrons. The van der Waals surface area contributed by atoms with E-state index < -0.39 is 9.84 Å². The standard InChI is InChI=1S/C19H26N2O2S.ClH/c1-15-13-17(16(2)21(15)18-7-5-4-6-8-18)14-20-11-9-19(10-12-20)24(3,22)23;/h4-8,13,19H,9-12,14H2,1-3H3;1H. The van der Waals surface area contributed by atoms with Gasteiger partial charge in [-0.1, -0.05) is 18.2 Å². The first kappa shape index (κ1) is 20.0. The van der Waals surface area contributed by atoms with Gasteiger partial charge in [0.1, 0.15) is 9.84 Å². The third-order valence-corrected chi connectivity index (χ3v) is 6.77. The maximum Gasteiger partial charge on any atom is 0.150 e. The highest BCUT2D eigenvalue weighted by Gasteiger charge is 2.27. The van der Waals surface area contributed by atoms with Gasteiger partial charge in [0.2, 0.25) is 0 Å². The Morgan fingerprint density at radius 2 is 1.68 bits per heavy atom. The van der Waals surface area contributed by atoms with Crippen molar-refractivity contribution < 1.29 is 8.42 Å². The van der Waals surface area contributed by atoms with Gasteiger partial charge in [-0.2, -0.15) is 0 Å². The van der Waals surface area contributed by atoms with Gasteiger partial charge in [0.05, 0.1) is 5.25 Å². The zero-order chi connectivity index (χ0) is 17.3. The van der Waals surface area contributed by atoms with Crippen molar-refractivity contribution >= 4 is 22.2 Å². The molecule has 1 aliphatic heterocycles. The molecule has 0 N–H and O–H groups in total. The second-order valence-corrected chi connectivity index (χ2v) is 9.20. The lowest BCUT2D eigenvalue weighted by Crippen LogP contribution is -2.38. The molecule has 0 aliphatic carbocycles. The van der Waals surface area contributed by atoms with Crippen LogP contribution in [-0.4, -0.2) is 42.5 Å². The summed E-state index contributed by atoms with van der Waals surface area (Å²) in [5.41, 5.74) is 5.02. The van der Waals surface area contributed by atoms with Gasteiger partial charge < -0.3 is 4.57 Å². The summed E-state index contributed by atoms with van der Waals surface area (Å²) < 4.78 is 25.7. The molecule has 0 amide bonds. The molecule has 0 spiro atoms. The summed E-state index contributed by atoms with van der Waals surface area (Å²) in [5, 5.41) is -0.162. The number of hydrogen-bond donors (Lipinski definition) is 0. The van der Waals surface area contributed by atoms with Crippen LogP contribution in [0, 0.1) is 13.8 Å². The Kier molecular flexibility index (Phi) is 6.35. The van der Waals surface area contributed by atoms with Crippen LogP contribution >= 0.6 is 12.4 Å². The number of likely N-dealkylation sites (tertiary alicyclic amines) is 1. The van der Waals surface area contributed by atoms with E-state index in [4.69, 9.17) is 0 Å². The predicted octanol–water partition coefficient (Wildman–Crippen LogP) is 3.52. The largest absolute Gasteiger partial charge is 0.318 e. The molecule has 2 aromatic rings. The minimum Gasteiger partial charge on any atom is -0.318 e. The van der Waals surface area contributed by atoms with Gasteiger partial charge >= 0.3 is 0 Å². The minimum atomic E-state index is -2.90. The summed E-state index contributed by atoms with van der Waals surface area (Å²) >= 11 is 0. The van der Waals surface area contributed by atoms with Crippen molar-refractivity contribution in [1.82, 2.24) is 9.47 Å². The first-order chi connectivity index (χ1) is 11.4. The Bertz CT molecular complexity index is 807. The van der Waals surface area contributed by atoms with Crippen LogP contribution in [0.5, 0.6) is 0 Å². The predicted molar refractivity (Wildman–Crippen MR) is 106 cm³/mol. The molecule has 1 aromatic carbocycles. The van der Waals surface area contributed by atoms with Crippen molar-refractivity contribution in [3.63, 3.8) is 0 Å². The third-order valence-electron chi connectivity index (χ3n) is 5.08. The number of para-hydroxylation sites is 1. The summed E-state index contributed by atoms with van der Waals surface area (Å²) in [6.07, 6.45) is 2.85. The smallest absolute Gasteiger partial charge is 0.150 e. The molecule has 0 radical (unpaired) electrons. The molecule has 0 bridgehead atoms. The monoisotopic (exact) mass is 382 g/mol.